The van der Waals surface area contributed by atoms with Crippen LogP contribution in [0.2, 0.25) is 0 Å². The van der Waals surface area contributed by atoms with Gasteiger partial charge in [-0.2, -0.15) is 0 Å². The SMILES string of the molecule is C=C(CC)CN(CC)CCO. The molecule has 0 unspecified atom stereocenters. The molecule has 0 aromatic carbocycles. The average molecular weight is 157 g/mol. The standard InChI is InChI=1S/C9H19NO/c1-4-9(3)8-10(5-2)6-7-11/h11H,3-8H2,1-2H3. The van der Waals surface area contributed by atoms with E-state index in [4.69, 9.17) is 5.11 Å². The number of hydrogen-bond donors (Lipinski definition) is 1. The van der Waals surface area contributed by atoms with Crippen LogP contribution in [0.25, 0.3) is 0 Å². The highest BCUT2D eigenvalue weighted by atomic mass is 16.3. The molecule has 0 radical (unpaired) electrons. The molecule has 0 aliphatic heterocycles. The van der Waals surface area contributed by atoms with Crippen LogP contribution in [0.3, 0.4) is 0 Å². The molecule has 0 fully saturated rings. The van der Waals surface area contributed by atoms with E-state index in [-0.39, 0.29) is 6.61 Å². The van der Waals surface area contributed by atoms with Gasteiger partial charge in [-0.05, 0) is 13.0 Å². The van der Waals surface area contributed by atoms with E-state index >= 15 is 0 Å². The van der Waals surface area contributed by atoms with E-state index in [2.05, 4.69) is 25.3 Å². The molecule has 0 aliphatic rings. The van der Waals surface area contributed by atoms with Crippen molar-refractivity contribution in [1.82, 2.24) is 4.90 Å². The number of hydrogen-bond acceptors (Lipinski definition) is 2. The molecule has 0 aromatic rings. The van der Waals surface area contributed by atoms with Gasteiger partial charge < -0.3 is 5.11 Å². The van der Waals surface area contributed by atoms with Gasteiger partial charge in [0.25, 0.3) is 0 Å². The Morgan fingerprint density at radius 3 is 2.45 bits per heavy atom. The predicted octanol–water partition coefficient (Wildman–Crippen LogP) is 1.27. The quantitative estimate of drug-likeness (QED) is 0.587. The van der Waals surface area contributed by atoms with Crippen LogP contribution in [0, 0.1) is 0 Å². The monoisotopic (exact) mass is 157 g/mol. The normalized spacial score (nSPS) is 10.5. The van der Waals surface area contributed by atoms with Crippen molar-refractivity contribution in [2.24, 2.45) is 0 Å². The molecule has 0 bridgehead atoms. The van der Waals surface area contributed by atoms with Crippen molar-refractivity contribution in [1.29, 1.82) is 0 Å². The van der Waals surface area contributed by atoms with Crippen molar-refractivity contribution >= 4 is 0 Å². The lowest BCUT2D eigenvalue weighted by molar-refractivity contribution is 0.211. The minimum Gasteiger partial charge on any atom is -0.395 e. The second-order valence-corrected chi connectivity index (χ2v) is 2.70. The largest absolute Gasteiger partial charge is 0.395 e. The van der Waals surface area contributed by atoms with Gasteiger partial charge in [0.2, 0.25) is 0 Å². The summed E-state index contributed by atoms with van der Waals surface area (Å²) in [7, 11) is 0. The lowest BCUT2D eigenvalue weighted by atomic mass is 10.2. The molecular weight excluding hydrogens is 138 g/mol. The van der Waals surface area contributed by atoms with Gasteiger partial charge in [0, 0.05) is 13.1 Å². The minimum absolute atomic E-state index is 0.241. The van der Waals surface area contributed by atoms with Crippen molar-refractivity contribution in [3.63, 3.8) is 0 Å². The van der Waals surface area contributed by atoms with Crippen LogP contribution < -0.4 is 0 Å². The van der Waals surface area contributed by atoms with Gasteiger partial charge >= 0.3 is 0 Å². The summed E-state index contributed by atoms with van der Waals surface area (Å²) in [5.74, 6) is 0. The second-order valence-electron chi connectivity index (χ2n) is 2.70. The summed E-state index contributed by atoms with van der Waals surface area (Å²) in [5.41, 5.74) is 1.24. The van der Waals surface area contributed by atoms with Gasteiger partial charge in [-0.1, -0.05) is 26.0 Å². The molecule has 66 valence electrons. The van der Waals surface area contributed by atoms with E-state index in [0.717, 1.165) is 26.1 Å². The Morgan fingerprint density at radius 2 is 2.09 bits per heavy atom. The van der Waals surface area contributed by atoms with Crippen LogP contribution in [0.4, 0.5) is 0 Å². The highest BCUT2D eigenvalue weighted by Gasteiger charge is 2.01. The number of nitrogens with zero attached hydrogens (tertiary/aromatic N) is 1. The molecule has 1 N–H and O–H groups in total. The number of rotatable bonds is 6. The Balaban J connectivity index is 3.58. The maximum atomic E-state index is 8.68. The molecule has 2 nitrogen and oxygen atoms in total. The fraction of sp³-hybridized carbons (Fsp3) is 0.778. The summed E-state index contributed by atoms with van der Waals surface area (Å²) < 4.78 is 0. The lowest BCUT2D eigenvalue weighted by Crippen LogP contribution is -2.28. The molecule has 0 amide bonds. The Hall–Kier alpha value is -0.340. The van der Waals surface area contributed by atoms with Gasteiger partial charge in [-0.15, -0.1) is 0 Å². The highest BCUT2D eigenvalue weighted by Crippen LogP contribution is 1.99. The zero-order valence-electron chi connectivity index (χ0n) is 7.64. The summed E-state index contributed by atoms with van der Waals surface area (Å²) in [6, 6.07) is 0. The average Bonchev–Trinajstić information content (AvgIpc) is 2.03. The molecule has 11 heavy (non-hydrogen) atoms. The van der Waals surface area contributed by atoms with Crippen LogP contribution >= 0.6 is 0 Å². The molecule has 0 atom stereocenters. The molecule has 2 heteroatoms. The number of likely N-dealkylation sites (N-methyl/N-ethyl adjacent to an activating group) is 1. The maximum Gasteiger partial charge on any atom is 0.0558 e. The van der Waals surface area contributed by atoms with Crippen molar-refractivity contribution in [2.45, 2.75) is 20.3 Å². The van der Waals surface area contributed by atoms with E-state index in [1.54, 1.807) is 0 Å². The fourth-order valence-corrected chi connectivity index (χ4v) is 0.918. The van der Waals surface area contributed by atoms with Gasteiger partial charge in [0.1, 0.15) is 0 Å². The topological polar surface area (TPSA) is 23.5 Å². The second kappa shape index (κ2) is 6.38. The molecule has 0 aromatic heterocycles. The molecule has 0 spiro atoms. The summed E-state index contributed by atoms with van der Waals surface area (Å²) in [4.78, 5) is 2.19. The first kappa shape index (κ1) is 10.7. The Labute approximate surface area is 69.5 Å². The molecule has 0 saturated heterocycles. The third-order valence-electron chi connectivity index (χ3n) is 1.81. The predicted molar refractivity (Wildman–Crippen MR) is 48.6 cm³/mol. The molecule has 0 rings (SSSR count). The van der Waals surface area contributed by atoms with Gasteiger partial charge in [-0.25, -0.2) is 0 Å². The van der Waals surface area contributed by atoms with E-state index in [0.29, 0.717) is 0 Å². The van der Waals surface area contributed by atoms with E-state index < -0.39 is 0 Å². The minimum atomic E-state index is 0.241. The molecule has 0 heterocycles. The van der Waals surface area contributed by atoms with Crippen molar-refractivity contribution in [3.05, 3.63) is 12.2 Å². The number of aliphatic hydroxyl groups is 1. The molecule has 0 saturated carbocycles. The zero-order chi connectivity index (χ0) is 8.69. The van der Waals surface area contributed by atoms with Crippen molar-refractivity contribution < 1.29 is 5.11 Å². The van der Waals surface area contributed by atoms with Gasteiger partial charge in [0.05, 0.1) is 6.61 Å². The third-order valence-corrected chi connectivity index (χ3v) is 1.81. The molecular formula is C9H19NO. The lowest BCUT2D eigenvalue weighted by Gasteiger charge is -2.19. The van der Waals surface area contributed by atoms with Gasteiger partial charge in [0.15, 0.2) is 0 Å². The fourth-order valence-electron chi connectivity index (χ4n) is 0.918. The summed E-state index contributed by atoms with van der Waals surface area (Å²) in [6.45, 7) is 11.0. The van der Waals surface area contributed by atoms with E-state index in [9.17, 15) is 0 Å². The van der Waals surface area contributed by atoms with Crippen molar-refractivity contribution in [3.8, 4) is 0 Å². The Morgan fingerprint density at radius 1 is 1.45 bits per heavy atom. The van der Waals surface area contributed by atoms with Crippen LogP contribution in [-0.4, -0.2) is 36.2 Å². The first-order chi connectivity index (χ1) is 5.24. The van der Waals surface area contributed by atoms with E-state index in [1.165, 1.54) is 5.57 Å². The zero-order valence-corrected chi connectivity index (χ0v) is 7.64. The first-order valence-electron chi connectivity index (χ1n) is 4.24. The smallest absolute Gasteiger partial charge is 0.0558 e. The van der Waals surface area contributed by atoms with Crippen LogP contribution in [0.5, 0.6) is 0 Å². The van der Waals surface area contributed by atoms with Crippen LogP contribution in [0.15, 0.2) is 12.2 Å². The van der Waals surface area contributed by atoms with Gasteiger partial charge in [-0.3, -0.25) is 4.90 Å². The van der Waals surface area contributed by atoms with E-state index in [1.807, 2.05) is 0 Å². The molecule has 0 aliphatic carbocycles. The number of aliphatic hydroxyl groups excluding tert-OH is 1. The highest BCUT2D eigenvalue weighted by molar-refractivity contribution is 4.95. The maximum absolute atomic E-state index is 8.68. The third kappa shape index (κ3) is 4.99. The van der Waals surface area contributed by atoms with Crippen LogP contribution in [-0.2, 0) is 0 Å². The summed E-state index contributed by atoms with van der Waals surface area (Å²) >= 11 is 0. The summed E-state index contributed by atoms with van der Waals surface area (Å²) in [5, 5.41) is 8.68. The van der Waals surface area contributed by atoms with Crippen molar-refractivity contribution in [2.75, 3.05) is 26.2 Å². The first-order valence-corrected chi connectivity index (χ1v) is 4.24. The Bertz CT molecular complexity index is 112. The van der Waals surface area contributed by atoms with Crippen LogP contribution in [0.1, 0.15) is 20.3 Å². The summed E-state index contributed by atoms with van der Waals surface area (Å²) in [6.07, 6.45) is 1.03. The Kier molecular flexibility index (Phi) is 6.18.